The summed E-state index contributed by atoms with van der Waals surface area (Å²) in [6, 6.07) is 57.7. The Bertz CT molecular complexity index is 3340. The Kier molecular flexibility index (Phi) is 10.2. The number of benzene rings is 7. The second-order valence-corrected chi connectivity index (χ2v) is 19.2. The van der Waals surface area contributed by atoms with Crippen LogP contribution >= 0.6 is 0 Å². The lowest BCUT2D eigenvalue weighted by atomic mass is 9.56. The van der Waals surface area contributed by atoms with Gasteiger partial charge in [0, 0.05) is 39.2 Å². The molecular weight excluding hydrogens is 799 g/mol. The minimum absolute atomic E-state index is 0.134. The molecule has 322 valence electrons. The second kappa shape index (κ2) is 16.7. The first-order valence-electron chi connectivity index (χ1n) is 24.2. The van der Waals surface area contributed by atoms with Crippen molar-refractivity contribution >= 4 is 44.1 Å². The molecule has 4 aliphatic rings. The number of fused-ring (bicyclic) bond motifs is 5. The summed E-state index contributed by atoms with van der Waals surface area (Å²) in [6.07, 6.45) is 27.2. The lowest BCUT2D eigenvalue weighted by Crippen LogP contribution is -2.39. The molecule has 1 aromatic heterocycles. The van der Waals surface area contributed by atoms with Crippen LogP contribution < -0.4 is 4.90 Å². The number of hydrogen-bond donors (Lipinski definition) is 0. The first-order valence-corrected chi connectivity index (χ1v) is 24.2. The van der Waals surface area contributed by atoms with Gasteiger partial charge in [-0.25, -0.2) is 0 Å². The van der Waals surface area contributed by atoms with E-state index in [-0.39, 0.29) is 11.3 Å². The number of allylic oxidation sites excluding steroid dienone is 11. The first kappa shape index (κ1) is 40.4. The standard InChI is InChI=1S/C64H55NO/c1-43-31-40-56(59-28-13-21-50-20-12-27-58(64(50,59)2)48-16-4-3-5-17-48)60(41-43)65(52-22-10-19-49(42-52)55-26-14-30-62-63(55)57-24-8-9-29-61(57)66-62)51-38-36-45(37-39-51)44-32-34-47(35-33-44)54-25-11-18-46-15-6-7-23-53(46)54/h6-15,18-30,32-43,48,59H,3-5,16-17,31H2,1-2H3. The summed E-state index contributed by atoms with van der Waals surface area (Å²) in [6.45, 7) is 4.92. The van der Waals surface area contributed by atoms with Crippen LogP contribution in [0.5, 0.6) is 0 Å². The number of anilines is 2. The summed E-state index contributed by atoms with van der Waals surface area (Å²) in [5, 5.41) is 4.84. The van der Waals surface area contributed by atoms with Gasteiger partial charge < -0.3 is 9.32 Å². The van der Waals surface area contributed by atoms with Crippen molar-refractivity contribution in [2.75, 3.05) is 4.90 Å². The van der Waals surface area contributed by atoms with Crippen LogP contribution in [-0.4, -0.2) is 0 Å². The molecule has 1 heterocycles. The lowest BCUT2D eigenvalue weighted by molar-refractivity contribution is 0.300. The molecule has 0 amide bonds. The van der Waals surface area contributed by atoms with Crippen LogP contribution in [0.4, 0.5) is 11.4 Å². The maximum absolute atomic E-state index is 6.40. The van der Waals surface area contributed by atoms with E-state index in [1.807, 2.05) is 0 Å². The molecule has 0 aliphatic heterocycles. The van der Waals surface area contributed by atoms with Crippen molar-refractivity contribution in [2.24, 2.45) is 23.2 Å². The van der Waals surface area contributed by atoms with Gasteiger partial charge in [0.25, 0.3) is 0 Å². The van der Waals surface area contributed by atoms with Gasteiger partial charge in [0.15, 0.2) is 0 Å². The third-order valence-electron chi connectivity index (χ3n) is 15.3. The molecule has 2 nitrogen and oxygen atoms in total. The Balaban J connectivity index is 0.972. The van der Waals surface area contributed by atoms with Crippen LogP contribution in [0.2, 0.25) is 0 Å². The van der Waals surface area contributed by atoms with E-state index in [0.717, 1.165) is 39.7 Å². The molecule has 0 saturated heterocycles. The summed E-state index contributed by atoms with van der Waals surface area (Å²) in [5.74, 6) is 1.19. The monoisotopic (exact) mass is 853 g/mol. The van der Waals surface area contributed by atoms with E-state index in [4.69, 9.17) is 4.42 Å². The van der Waals surface area contributed by atoms with Gasteiger partial charge in [-0.2, -0.15) is 0 Å². The molecular formula is C64H55NO. The predicted molar refractivity (Wildman–Crippen MR) is 279 cm³/mol. The van der Waals surface area contributed by atoms with E-state index in [2.05, 4.69) is 225 Å². The zero-order valence-electron chi connectivity index (χ0n) is 38.0. The molecule has 0 N–H and O–H groups in total. The van der Waals surface area contributed by atoms with E-state index < -0.39 is 0 Å². The minimum Gasteiger partial charge on any atom is -0.456 e. The van der Waals surface area contributed by atoms with Gasteiger partial charge in [-0.3, -0.25) is 0 Å². The number of rotatable bonds is 8. The minimum atomic E-state index is -0.134. The van der Waals surface area contributed by atoms with Crippen LogP contribution in [0.25, 0.3) is 66.1 Å². The maximum Gasteiger partial charge on any atom is 0.136 e. The third-order valence-corrected chi connectivity index (χ3v) is 15.3. The summed E-state index contributed by atoms with van der Waals surface area (Å²) < 4.78 is 6.40. The van der Waals surface area contributed by atoms with Crippen LogP contribution in [0.15, 0.2) is 233 Å². The highest BCUT2D eigenvalue weighted by Gasteiger charge is 2.46. The molecule has 1 fully saturated rings. The number of para-hydroxylation sites is 1. The topological polar surface area (TPSA) is 16.4 Å². The molecule has 2 heteroatoms. The zero-order chi connectivity index (χ0) is 44.2. The number of hydrogen-bond acceptors (Lipinski definition) is 2. The van der Waals surface area contributed by atoms with Gasteiger partial charge in [-0.05, 0) is 123 Å². The molecule has 4 aliphatic carbocycles. The normalized spacial score (nSPS) is 20.8. The molecule has 0 radical (unpaired) electrons. The van der Waals surface area contributed by atoms with Crippen molar-refractivity contribution in [1.29, 1.82) is 0 Å². The third kappa shape index (κ3) is 6.94. The summed E-state index contributed by atoms with van der Waals surface area (Å²) in [4.78, 5) is 2.56. The van der Waals surface area contributed by atoms with Crippen LogP contribution in [0, 0.1) is 23.2 Å². The average Bonchev–Trinajstić information content (AvgIpc) is 3.76. The molecule has 7 aromatic carbocycles. The van der Waals surface area contributed by atoms with E-state index >= 15 is 0 Å². The Morgan fingerprint density at radius 1 is 0.591 bits per heavy atom. The Morgan fingerprint density at radius 3 is 2.14 bits per heavy atom. The lowest BCUT2D eigenvalue weighted by Gasteiger charge is -2.49. The van der Waals surface area contributed by atoms with Crippen molar-refractivity contribution in [3.8, 4) is 33.4 Å². The fourth-order valence-corrected chi connectivity index (χ4v) is 11.9. The molecule has 8 aromatic rings. The highest BCUT2D eigenvalue weighted by atomic mass is 16.3. The molecule has 1 saturated carbocycles. The molecule has 0 spiro atoms. The van der Waals surface area contributed by atoms with Gasteiger partial charge in [-0.1, -0.05) is 209 Å². The zero-order valence-corrected chi connectivity index (χ0v) is 38.0. The van der Waals surface area contributed by atoms with Crippen molar-refractivity contribution in [2.45, 2.75) is 52.4 Å². The van der Waals surface area contributed by atoms with Gasteiger partial charge in [0.2, 0.25) is 0 Å². The first-order chi connectivity index (χ1) is 32.5. The quantitative estimate of drug-likeness (QED) is 0.151. The van der Waals surface area contributed by atoms with Gasteiger partial charge in [-0.15, -0.1) is 0 Å². The smallest absolute Gasteiger partial charge is 0.136 e. The largest absolute Gasteiger partial charge is 0.456 e. The molecule has 3 unspecified atom stereocenters. The van der Waals surface area contributed by atoms with Crippen molar-refractivity contribution in [1.82, 2.24) is 0 Å². The van der Waals surface area contributed by atoms with E-state index in [1.165, 1.54) is 93.1 Å². The number of nitrogens with zero attached hydrogens (tertiary/aromatic N) is 1. The molecule has 12 rings (SSSR count). The van der Waals surface area contributed by atoms with E-state index in [0.29, 0.717) is 11.8 Å². The maximum atomic E-state index is 6.40. The summed E-state index contributed by atoms with van der Waals surface area (Å²) in [5.41, 5.74) is 17.0. The van der Waals surface area contributed by atoms with Gasteiger partial charge >= 0.3 is 0 Å². The van der Waals surface area contributed by atoms with Crippen molar-refractivity contribution in [3.05, 3.63) is 229 Å². The fraction of sp³-hybridized carbons (Fsp3) is 0.188. The van der Waals surface area contributed by atoms with Gasteiger partial charge in [0.1, 0.15) is 11.2 Å². The van der Waals surface area contributed by atoms with E-state index in [1.54, 1.807) is 5.57 Å². The van der Waals surface area contributed by atoms with Crippen molar-refractivity contribution in [3.63, 3.8) is 0 Å². The molecule has 0 bridgehead atoms. The highest BCUT2D eigenvalue weighted by Crippen LogP contribution is 2.57. The average molecular weight is 854 g/mol. The summed E-state index contributed by atoms with van der Waals surface area (Å²) >= 11 is 0. The van der Waals surface area contributed by atoms with Crippen LogP contribution in [0.3, 0.4) is 0 Å². The van der Waals surface area contributed by atoms with Gasteiger partial charge in [0.05, 0.1) is 0 Å². The Labute approximate surface area is 389 Å². The molecule has 3 atom stereocenters. The number of furan rings is 1. The summed E-state index contributed by atoms with van der Waals surface area (Å²) in [7, 11) is 0. The Hall–Kier alpha value is -7.16. The van der Waals surface area contributed by atoms with Crippen LogP contribution in [-0.2, 0) is 0 Å². The fourth-order valence-electron chi connectivity index (χ4n) is 11.9. The predicted octanol–water partition coefficient (Wildman–Crippen LogP) is 17.9. The molecule has 66 heavy (non-hydrogen) atoms. The van der Waals surface area contributed by atoms with Crippen LogP contribution in [0.1, 0.15) is 52.4 Å². The SMILES string of the molecule is CC1C=C(N(c2ccc(-c3ccc(-c4cccc5ccccc45)cc3)cc2)c2cccc(-c3cccc4oc5ccccc5c34)c2)C(C2C=CC=C3C=CC=C(C4CCCCC4)C32C)=CC1. The second-order valence-electron chi connectivity index (χ2n) is 19.2. The Morgan fingerprint density at radius 2 is 1.29 bits per heavy atom. The van der Waals surface area contributed by atoms with Crippen molar-refractivity contribution < 1.29 is 4.42 Å². The highest BCUT2D eigenvalue weighted by molar-refractivity contribution is 6.12. The van der Waals surface area contributed by atoms with E-state index in [9.17, 15) is 0 Å².